The van der Waals surface area contributed by atoms with Gasteiger partial charge in [-0.1, -0.05) is 17.7 Å². The van der Waals surface area contributed by atoms with E-state index in [4.69, 9.17) is 16.3 Å². The average Bonchev–Trinajstić information content (AvgIpc) is 1.96. The Morgan fingerprint density at radius 3 is 2.08 bits per heavy atom. The van der Waals surface area contributed by atoms with Gasteiger partial charge in [0, 0.05) is 0 Å². The lowest BCUT2D eigenvalue weighted by molar-refractivity contribution is 0.567. The highest BCUT2D eigenvalue weighted by Crippen LogP contribution is 2.25. The van der Waals surface area contributed by atoms with Crippen LogP contribution < -0.4 is 4.74 Å². The molecule has 0 radical (unpaired) electrons. The number of ether oxygens (including phenoxy) is 1. The summed E-state index contributed by atoms with van der Waals surface area (Å²) in [6.07, 6.45) is 0. The minimum atomic E-state index is 0.0371. The van der Waals surface area contributed by atoms with Crippen LogP contribution >= 0.6 is 23.8 Å². The standard InChI is InChI=1S/C10H11ClOS/c1-6-4-7(2)9(8(3)5-6)12-10(11)13/h4-5H,1-3H3. The zero-order valence-corrected chi connectivity index (χ0v) is 9.42. The highest BCUT2D eigenvalue weighted by molar-refractivity contribution is 7.82. The summed E-state index contributed by atoms with van der Waals surface area (Å²) in [5.41, 5.74) is 3.32. The molecule has 0 saturated heterocycles. The Balaban J connectivity index is 3.13. The molecule has 1 aromatic rings. The lowest BCUT2D eigenvalue weighted by Gasteiger charge is -2.10. The van der Waals surface area contributed by atoms with Gasteiger partial charge in [-0.05, 0) is 55.7 Å². The fraction of sp³-hybridized carbons (Fsp3) is 0.300. The summed E-state index contributed by atoms with van der Waals surface area (Å²) in [6.45, 7) is 6.00. The monoisotopic (exact) mass is 214 g/mol. The summed E-state index contributed by atoms with van der Waals surface area (Å²) in [6, 6.07) is 4.08. The third-order valence-corrected chi connectivity index (χ3v) is 1.95. The summed E-state index contributed by atoms with van der Waals surface area (Å²) < 4.78 is 5.26. The normalized spacial score (nSPS) is 9.85. The second-order valence-corrected chi connectivity index (χ2v) is 4.01. The van der Waals surface area contributed by atoms with Crippen molar-refractivity contribution >= 4 is 28.3 Å². The van der Waals surface area contributed by atoms with Crippen molar-refractivity contribution in [3.05, 3.63) is 28.8 Å². The summed E-state index contributed by atoms with van der Waals surface area (Å²) >= 11 is 10.2. The first-order valence-electron chi connectivity index (χ1n) is 3.96. The molecule has 0 aliphatic heterocycles. The van der Waals surface area contributed by atoms with Crippen LogP contribution in [0.25, 0.3) is 0 Å². The van der Waals surface area contributed by atoms with Crippen LogP contribution in [0.5, 0.6) is 5.75 Å². The van der Waals surface area contributed by atoms with E-state index in [0.29, 0.717) is 0 Å². The van der Waals surface area contributed by atoms with Gasteiger partial charge in [-0.15, -0.1) is 0 Å². The van der Waals surface area contributed by atoms with Gasteiger partial charge in [0.2, 0.25) is 0 Å². The largest absolute Gasteiger partial charge is 0.435 e. The second-order valence-electron chi connectivity index (χ2n) is 3.07. The zero-order chi connectivity index (χ0) is 10.0. The number of halogens is 1. The van der Waals surface area contributed by atoms with Crippen LogP contribution in [-0.4, -0.2) is 4.51 Å². The van der Waals surface area contributed by atoms with Gasteiger partial charge in [0.25, 0.3) is 4.51 Å². The molecule has 0 N–H and O–H groups in total. The minimum Gasteiger partial charge on any atom is -0.435 e. The fourth-order valence-electron chi connectivity index (χ4n) is 1.41. The lowest BCUT2D eigenvalue weighted by atomic mass is 10.1. The number of hydrogen-bond acceptors (Lipinski definition) is 2. The van der Waals surface area contributed by atoms with Crippen molar-refractivity contribution in [1.29, 1.82) is 0 Å². The van der Waals surface area contributed by atoms with Gasteiger partial charge in [0.05, 0.1) is 0 Å². The summed E-state index contributed by atoms with van der Waals surface area (Å²) in [5.74, 6) is 0.769. The van der Waals surface area contributed by atoms with Crippen molar-refractivity contribution < 1.29 is 4.74 Å². The molecule has 0 aliphatic carbocycles. The molecule has 0 aromatic heterocycles. The minimum absolute atomic E-state index is 0.0371. The van der Waals surface area contributed by atoms with Crippen LogP contribution in [-0.2, 0) is 0 Å². The molecule has 0 amide bonds. The van der Waals surface area contributed by atoms with Crippen molar-refractivity contribution in [3.63, 3.8) is 0 Å². The van der Waals surface area contributed by atoms with Crippen LogP contribution in [0.2, 0.25) is 0 Å². The van der Waals surface area contributed by atoms with Crippen LogP contribution in [0.15, 0.2) is 12.1 Å². The molecule has 0 heterocycles. The third-order valence-electron chi connectivity index (χ3n) is 1.79. The van der Waals surface area contributed by atoms with E-state index in [1.54, 1.807) is 0 Å². The molecule has 0 aliphatic rings. The highest BCUT2D eigenvalue weighted by Gasteiger charge is 2.06. The molecule has 0 unspecified atom stereocenters. The Labute approximate surface area is 88.7 Å². The highest BCUT2D eigenvalue weighted by atomic mass is 35.5. The van der Waals surface area contributed by atoms with Crippen molar-refractivity contribution in [2.75, 3.05) is 0 Å². The Bertz CT molecular complexity index is 324. The molecule has 1 aromatic carbocycles. The maximum Gasteiger partial charge on any atom is 0.260 e. The molecule has 0 saturated carbocycles. The van der Waals surface area contributed by atoms with Crippen LogP contribution in [0.3, 0.4) is 0 Å². The van der Waals surface area contributed by atoms with E-state index in [-0.39, 0.29) is 4.51 Å². The van der Waals surface area contributed by atoms with Crippen LogP contribution in [0.1, 0.15) is 16.7 Å². The Morgan fingerprint density at radius 1 is 1.23 bits per heavy atom. The smallest absolute Gasteiger partial charge is 0.260 e. The predicted molar refractivity (Wildman–Crippen MR) is 59.7 cm³/mol. The first kappa shape index (κ1) is 10.5. The first-order chi connectivity index (χ1) is 6.00. The zero-order valence-electron chi connectivity index (χ0n) is 7.85. The third kappa shape index (κ3) is 2.68. The molecule has 3 heteroatoms. The van der Waals surface area contributed by atoms with Gasteiger partial charge < -0.3 is 4.74 Å². The summed E-state index contributed by atoms with van der Waals surface area (Å²) in [5, 5.41) is 0. The van der Waals surface area contributed by atoms with Crippen LogP contribution in [0, 0.1) is 20.8 Å². The topological polar surface area (TPSA) is 9.23 Å². The van der Waals surface area contributed by atoms with E-state index >= 15 is 0 Å². The molecule has 1 rings (SSSR count). The van der Waals surface area contributed by atoms with Gasteiger partial charge in [-0.2, -0.15) is 0 Å². The van der Waals surface area contributed by atoms with Gasteiger partial charge in [-0.25, -0.2) is 0 Å². The maximum atomic E-state index is 5.51. The Hall–Kier alpha value is -0.600. The molecule has 0 bridgehead atoms. The second kappa shape index (κ2) is 4.07. The van der Waals surface area contributed by atoms with Gasteiger partial charge in [0.15, 0.2) is 0 Å². The predicted octanol–water partition coefficient (Wildman–Crippen LogP) is 3.51. The van der Waals surface area contributed by atoms with Gasteiger partial charge in [-0.3, -0.25) is 0 Å². The quantitative estimate of drug-likeness (QED) is 0.523. The Morgan fingerprint density at radius 2 is 1.69 bits per heavy atom. The molecule has 13 heavy (non-hydrogen) atoms. The maximum absolute atomic E-state index is 5.51. The molecule has 0 fully saturated rings. The fourth-order valence-corrected chi connectivity index (χ4v) is 1.57. The van der Waals surface area contributed by atoms with E-state index in [9.17, 15) is 0 Å². The molecular formula is C10H11ClOS. The number of aryl methyl sites for hydroxylation is 3. The molecule has 0 atom stereocenters. The van der Waals surface area contributed by atoms with Crippen molar-refractivity contribution in [2.24, 2.45) is 0 Å². The molecular weight excluding hydrogens is 204 g/mol. The van der Waals surface area contributed by atoms with Gasteiger partial charge >= 0.3 is 0 Å². The summed E-state index contributed by atoms with van der Waals surface area (Å²) in [7, 11) is 0. The molecule has 70 valence electrons. The number of hydrogen-bond donors (Lipinski definition) is 0. The van der Waals surface area contributed by atoms with E-state index in [0.717, 1.165) is 16.9 Å². The van der Waals surface area contributed by atoms with Gasteiger partial charge in [0.1, 0.15) is 5.75 Å². The van der Waals surface area contributed by atoms with E-state index in [1.165, 1.54) is 5.56 Å². The van der Waals surface area contributed by atoms with Crippen molar-refractivity contribution in [2.45, 2.75) is 20.8 Å². The Kier molecular flexibility index (Phi) is 3.28. The van der Waals surface area contributed by atoms with E-state index in [1.807, 2.05) is 32.9 Å². The molecule has 1 nitrogen and oxygen atoms in total. The SMILES string of the molecule is Cc1cc(C)c(OC(=S)Cl)c(C)c1. The number of rotatable bonds is 1. The summed E-state index contributed by atoms with van der Waals surface area (Å²) in [4.78, 5) is 0. The number of thiocarbonyl (C=S) groups is 1. The average molecular weight is 215 g/mol. The van der Waals surface area contributed by atoms with Crippen LogP contribution in [0.4, 0.5) is 0 Å². The molecule has 0 spiro atoms. The van der Waals surface area contributed by atoms with Crippen molar-refractivity contribution in [3.8, 4) is 5.75 Å². The van der Waals surface area contributed by atoms with Crippen molar-refractivity contribution in [1.82, 2.24) is 0 Å². The number of benzene rings is 1. The van der Waals surface area contributed by atoms with E-state index in [2.05, 4.69) is 12.2 Å². The first-order valence-corrected chi connectivity index (χ1v) is 4.74. The lowest BCUT2D eigenvalue weighted by Crippen LogP contribution is -2.00. The van der Waals surface area contributed by atoms with E-state index < -0.39 is 0 Å².